The fourth-order valence-electron chi connectivity index (χ4n) is 3.02. The normalized spacial score (nSPS) is 19.6. The molecular formula is C15H21BrCl2F2N2O. The molecule has 3 rings (SSSR count). The van der Waals surface area contributed by atoms with Crippen molar-refractivity contribution in [3.63, 3.8) is 0 Å². The lowest BCUT2D eigenvalue weighted by molar-refractivity contribution is 0.153. The highest BCUT2D eigenvalue weighted by Gasteiger charge is 2.34. The van der Waals surface area contributed by atoms with Crippen LogP contribution >= 0.6 is 40.7 Å². The standard InChI is InChI=1S/C15H19BrF2N2O.2ClH/c16-10-8-11(17)14(18)13(15(10)21)12(7-9-1-2-9)20-5-3-19-4-6-20;;/h8-9,12,19,21H,1-7H2;2*1H/t12-;;/m1../s1. The van der Waals surface area contributed by atoms with Crippen LogP contribution in [0, 0.1) is 17.6 Å². The van der Waals surface area contributed by atoms with Gasteiger partial charge in [-0.05, 0) is 34.3 Å². The Bertz CT molecular complexity index is 514. The maximum Gasteiger partial charge on any atom is 0.167 e. The van der Waals surface area contributed by atoms with E-state index < -0.39 is 11.6 Å². The van der Waals surface area contributed by atoms with E-state index in [-0.39, 0.29) is 46.6 Å². The van der Waals surface area contributed by atoms with Gasteiger partial charge in [-0.1, -0.05) is 12.8 Å². The molecule has 1 aromatic carbocycles. The number of piperazine rings is 1. The van der Waals surface area contributed by atoms with Crippen LogP contribution < -0.4 is 5.32 Å². The summed E-state index contributed by atoms with van der Waals surface area (Å²) in [6.45, 7) is 3.23. The Morgan fingerprint density at radius 2 is 1.87 bits per heavy atom. The molecule has 1 aromatic rings. The van der Waals surface area contributed by atoms with E-state index >= 15 is 0 Å². The number of hydrogen-bond donors (Lipinski definition) is 2. The minimum absolute atomic E-state index is 0. The largest absolute Gasteiger partial charge is 0.506 e. The molecule has 0 unspecified atom stereocenters. The second-order valence-electron chi connectivity index (χ2n) is 5.90. The molecule has 0 spiro atoms. The second-order valence-corrected chi connectivity index (χ2v) is 6.75. The molecule has 23 heavy (non-hydrogen) atoms. The van der Waals surface area contributed by atoms with Gasteiger partial charge in [-0.25, -0.2) is 8.78 Å². The summed E-state index contributed by atoms with van der Waals surface area (Å²) in [6.07, 6.45) is 3.06. The third-order valence-corrected chi connectivity index (χ3v) is 4.96. The fourth-order valence-corrected chi connectivity index (χ4v) is 3.44. The van der Waals surface area contributed by atoms with Crippen LogP contribution in [0.2, 0.25) is 0 Å². The number of hydrogen-bond acceptors (Lipinski definition) is 3. The Hall–Kier alpha value is -0.140. The molecule has 2 aliphatic rings. The number of phenols is 1. The van der Waals surface area contributed by atoms with Crippen LogP contribution in [-0.4, -0.2) is 36.2 Å². The van der Waals surface area contributed by atoms with Gasteiger partial charge in [0, 0.05) is 32.2 Å². The fraction of sp³-hybridized carbons (Fsp3) is 0.600. The summed E-state index contributed by atoms with van der Waals surface area (Å²) < 4.78 is 28.3. The Kier molecular flexibility index (Phi) is 8.01. The van der Waals surface area contributed by atoms with E-state index in [0.29, 0.717) is 5.92 Å². The molecule has 1 atom stereocenters. The first-order valence-corrected chi connectivity index (χ1v) is 8.18. The van der Waals surface area contributed by atoms with Crippen molar-refractivity contribution in [1.29, 1.82) is 0 Å². The van der Waals surface area contributed by atoms with Gasteiger partial charge in [-0.3, -0.25) is 4.90 Å². The molecule has 2 fully saturated rings. The molecule has 0 bridgehead atoms. The van der Waals surface area contributed by atoms with Crippen molar-refractivity contribution in [2.75, 3.05) is 26.2 Å². The zero-order chi connectivity index (χ0) is 15.0. The molecule has 1 heterocycles. The molecule has 3 nitrogen and oxygen atoms in total. The highest BCUT2D eigenvalue weighted by Crippen LogP contribution is 2.45. The third kappa shape index (κ3) is 4.69. The van der Waals surface area contributed by atoms with E-state index in [1.165, 1.54) is 0 Å². The summed E-state index contributed by atoms with van der Waals surface area (Å²) in [6, 6.07) is 0.728. The Labute approximate surface area is 155 Å². The lowest BCUT2D eigenvalue weighted by Crippen LogP contribution is -2.45. The summed E-state index contributed by atoms with van der Waals surface area (Å²) in [5.74, 6) is -1.44. The first kappa shape index (κ1) is 20.9. The number of phenolic OH excluding ortho intramolecular Hbond substituents is 1. The zero-order valence-electron chi connectivity index (χ0n) is 12.5. The van der Waals surface area contributed by atoms with E-state index in [1.807, 2.05) is 0 Å². The van der Waals surface area contributed by atoms with E-state index in [2.05, 4.69) is 26.1 Å². The summed E-state index contributed by atoms with van der Waals surface area (Å²) in [5, 5.41) is 13.5. The lowest BCUT2D eigenvalue weighted by atomic mass is 9.97. The number of benzene rings is 1. The van der Waals surface area contributed by atoms with Crippen LogP contribution in [0.5, 0.6) is 5.75 Å². The quantitative estimate of drug-likeness (QED) is 0.704. The molecule has 0 radical (unpaired) electrons. The van der Waals surface area contributed by atoms with Crippen molar-refractivity contribution in [2.24, 2.45) is 5.92 Å². The number of nitrogens with zero attached hydrogens (tertiary/aromatic N) is 1. The summed E-state index contributed by atoms with van der Waals surface area (Å²) in [7, 11) is 0. The van der Waals surface area contributed by atoms with E-state index in [1.54, 1.807) is 0 Å². The molecule has 1 aliphatic carbocycles. The Morgan fingerprint density at radius 3 is 2.43 bits per heavy atom. The molecular weight excluding hydrogens is 413 g/mol. The minimum atomic E-state index is -0.917. The zero-order valence-corrected chi connectivity index (χ0v) is 15.7. The van der Waals surface area contributed by atoms with Crippen molar-refractivity contribution < 1.29 is 13.9 Å². The molecule has 1 saturated carbocycles. The van der Waals surface area contributed by atoms with Gasteiger partial charge in [-0.15, -0.1) is 24.8 Å². The summed E-state index contributed by atoms with van der Waals surface area (Å²) >= 11 is 3.12. The van der Waals surface area contributed by atoms with E-state index in [0.717, 1.165) is 51.5 Å². The summed E-state index contributed by atoms with van der Waals surface area (Å²) in [4.78, 5) is 2.15. The van der Waals surface area contributed by atoms with Gasteiger partial charge in [0.05, 0.1) is 10.0 Å². The van der Waals surface area contributed by atoms with E-state index in [4.69, 9.17) is 0 Å². The van der Waals surface area contributed by atoms with Crippen molar-refractivity contribution in [2.45, 2.75) is 25.3 Å². The SMILES string of the molecule is Cl.Cl.Oc1c(Br)cc(F)c(F)c1[C@@H](CC1CC1)N1CCNCC1. The van der Waals surface area contributed by atoms with Crippen LogP contribution in [0.15, 0.2) is 10.5 Å². The number of rotatable bonds is 4. The Morgan fingerprint density at radius 1 is 1.26 bits per heavy atom. The van der Waals surface area contributed by atoms with Gasteiger partial charge in [0.2, 0.25) is 0 Å². The predicted molar refractivity (Wildman–Crippen MR) is 94.7 cm³/mol. The van der Waals surface area contributed by atoms with Gasteiger partial charge in [0.15, 0.2) is 11.6 Å². The van der Waals surface area contributed by atoms with Crippen LogP contribution in [0.1, 0.15) is 30.9 Å². The van der Waals surface area contributed by atoms with Gasteiger partial charge < -0.3 is 10.4 Å². The molecule has 8 heteroatoms. The Balaban J connectivity index is 0.00000132. The second kappa shape index (κ2) is 8.81. The molecule has 1 saturated heterocycles. The van der Waals surface area contributed by atoms with Gasteiger partial charge >= 0.3 is 0 Å². The summed E-state index contributed by atoms with van der Waals surface area (Å²) in [5.41, 5.74) is 0.107. The van der Waals surface area contributed by atoms with Crippen molar-refractivity contribution in [3.05, 3.63) is 27.7 Å². The molecule has 2 N–H and O–H groups in total. The molecule has 132 valence electrons. The molecule has 1 aliphatic heterocycles. The predicted octanol–water partition coefficient (Wildman–Crippen LogP) is 4.02. The number of aromatic hydroxyl groups is 1. The first-order valence-electron chi connectivity index (χ1n) is 7.39. The topological polar surface area (TPSA) is 35.5 Å². The van der Waals surface area contributed by atoms with Gasteiger partial charge in [0.1, 0.15) is 5.75 Å². The van der Waals surface area contributed by atoms with Crippen LogP contribution in [0.4, 0.5) is 8.78 Å². The lowest BCUT2D eigenvalue weighted by Gasteiger charge is -2.36. The molecule has 0 aromatic heterocycles. The highest BCUT2D eigenvalue weighted by molar-refractivity contribution is 9.10. The highest BCUT2D eigenvalue weighted by atomic mass is 79.9. The minimum Gasteiger partial charge on any atom is -0.506 e. The van der Waals surface area contributed by atoms with Crippen LogP contribution in [0.3, 0.4) is 0 Å². The van der Waals surface area contributed by atoms with Crippen molar-refractivity contribution in [3.8, 4) is 5.75 Å². The van der Waals surface area contributed by atoms with Crippen LogP contribution in [0.25, 0.3) is 0 Å². The third-order valence-electron chi connectivity index (χ3n) is 4.36. The maximum absolute atomic E-state index is 14.3. The van der Waals surface area contributed by atoms with Crippen molar-refractivity contribution in [1.82, 2.24) is 10.2 Å². The maximum atomic E-state index is 14.3. The van der Waals surface area contributed by atoms with Gasteiger partial charge in [0.25, 0.3) is 0 Å². The van der Waals surface area contributed by atoms with Crippen molar-refractivity contribution >= 4 is 40.7 Å². The average molecular weight is 434 g/mol. The molecule has 0 amide bonds. The van der Waals surface area contributed by atoms with E-state index in [9.17, 15) is 13.9 Å². The first-order chi connectivity index (χ1) is 10.1. The number of halogens is 5. The number of nitrogens with one attached hydrogen (secondary N) is 1. The smallest absolute Gasteiger partial charge is 0.167 e. The average Bonchev–Trinajstić information content (AvgIpc) is 3.29. The monoisotopic (exact) mass is 432 g/mol. The van der Waals surface area contributed by atoms with Crippen LogP contribution in [-0.2, 0) is 0 Å². The van der Waals surface area contributed by atoms with Gasteiger partial charge in [-0.2, -0.15) is 0 Å².